The van der Waals surface area contributed by atoms with Crippen molar-refractivity contribution in [1.29, 1.82) is 0 Å². The second-order valence-electron chi connectivity index (χ2n) is 8.45. The van der Waals surface area contributed by atoms with E-state index in [9.17, 15) is 18.4 Å². The number of amides is 1. The van der Waals surface area contributed by atoms with Gasteiger partial charge in [-0.1, -0.05) is 13.8 Å². The lowest BCUT2D eigenvalue weighted by molar-refractivity contribution is -0.122. The summed E-state index contributed by atoms with van der Waals surface area (Å²) in [5.41, 5.74) is 6.58. The highest BCUT2D eigenvalue weighted by molar-refractivity contribution is 5.98. The van der Waals surface area contributed by atoms with Gasteiger partial charge in [-0.05, 0) is 44.5 Å². The molecule has 162 valence electrons. The van der Waals surface area contributed by atoms with Crippen LogP contribution >= 0.6 is 0 Å². The predicted molar refractivity (Wildman–Crippen MR) is 110 cm³/mol. The van der Waals surface area contributed by atoms with E-state index in [4.69, 9.17) is 5.73 Å². The van der Waals surface area contributed by atoms with Crippen LogP contribution in [0.5, 0.6) is 0 Å². The molecular weight excluding hydrogens is 390 g/mol. The van der Waals surface area contributed by atoms with Crippen LogP contribution in [0, 0.1) is 23.5 Å². The van der Waals surface area contributed by atoms with Crippen LogP contribution in [0.3, 0.4) is 0 Å². The Morgan fingerprint density at radius 3 is 2.60 bits per heavy atom. The Labute approximate surface area is 175 Å². The number of carbonyl (C=O) groups is 2. The smallest absolute Gasteiger partial charge is 0.220 e. The van der Waals surface area contributed by atoms with Crippen molar-refractivity contribution < 1.29 is 18.4 Å². The molecule has 0 saturated carbocycles. The molecule has 0 fully saturated rings. The van der Waals surface area contributed by atoms with Crippen LogP contribution in [0.15, 0.2) is 18.2 Å². The maximum atomic E-state index is 14.5. The number of nitrogens with two attached hydrogens (primary N) is 1. The molecule has 0 aliphatic carbocycles. The monoisotopic (exact) mass is 418 g/mol. The number of halogens is 2. The Kier molecular flexibility index (Phi) is 6.65. The summed E-state index contributed by atoms with van der Waals surface area (Å²) in [6.45, 7) is 5.79. The highest BCUT2D eigenvalue weighted by Gasteiger charge is 2.29. The van der Waals surface area contributed by atoms with Gasteiger partial charge >= 0.3 is 0 Å². The van der Waals surface area contributed by atoms with Crippen LogP contribution in [0.25, 0.3) is 11.4 Å². The molecule has 30 heavy (non-hydrogen) atoms. The molecule has 1 aliphatic rings. The number of carbonyl (C=O) groups excluding carboxylic acids is 2. The third kappa shape index (κ3) is 4.75. The molecule has 6 nitrogen and oxygen atoms in total. The minimum Gasteiger partial charge on any atom is -0.369 e. The number of hydrogen-bond acceptors (Lipinski definition) is 4. The molecule has 0 saturated heterocycles. The molecule has 2 aromatic rings. The van der Waals surface area contributed by atoms with Gasteiger partial charge in [-0.2, -0.15) is 0 Å². The fourth-order valence-corrected chi connectivity index (χ4v) is 4.01. The number of benzene rings is 1. The third-order valence-electron chi connectivity index (χ3n) is 5.44. The minimum absolute atomic E-state index is 0.0351. The average molecular weight is 418 g/mol. The van der Waals surface area contributed by atoms with Crippen LogP contribution in [-0.2, 0) is 17.9 Å². The maximum Gasteiger partial charge on any atom is 0.220 e. The van der Waals surface area contributed by atoms with Crippen LogP contribution in [0.2, 0.25) is 0 Å². The van der Waals surface area contributed by atoms with E-state index in [1.165, 1.54) is 12.1 Å². The number of hydrogen-bond donors (Lipinski definition) is 1. The zero-order valence-corrected chi connectivity index (χ0v) is 17.6. The molecule has 1 atom stereocenters. The number of rotatable bonds is 7. The summed E-state index contributed by atoms with van der Waals surface area (Å²) in [7, 11) is 1.94. The van der Waals surface area contributed by atoms with Gasteiger partial charge in [-0.15, -0.1) is 0 Å². The van der Waals surface area contributed by atoms with E-state index in [1.54, 1.807) is 0 Å². The summed E-state index contributed by atoms with van der Waals surface area (Å²) < 4.78 is 29.7. The molecule has 0 spiro atoms. The zero-order valence-electron chi connectivity index (χ0n) is 17.6. The normalized spacial score (nSPS) is 15.7. The first kappa shape index (κ1) is 22.1. The fourth-order valence-electron chi connectivity index (χ4n) is 4.01. The third-order valence-corrected chi connectivity index (χ3v) is 5.44. The van der Waals surface area contributed by atoms with Gasteiger partial charge in [0.05, 0.1) is 11.3 Å². The van der Waals surface area contributed by atoms with E-state index in [-0.39, 0.29) is 29.4 Å². The van der Waals surface area contributed by atoms with Crippen LogP contribution in [-0.4, -0.2) is 39.7 Å². The molecular formula is C22H28F2N4O2. The number of fused-ring (bicyclic) bond motifs is 1. The quantitative estimate of drug-likeness (QED) is 0.699. The van der Waals surface area contributed by atoms with Crippen molar-refractivity contribution in [2.24, 2.45) is 17.6 Å². The summed E-state index contributed by atoms with van der Waals surface area (Å²) in [6, 6.07) is 3.33. The van der Waals surface area contributed by atoms with Gasteiger partial charge in [0.25, 0.3) is 0 Å². The highest BCUT2D eigenvalue weighted by atomic mass is 19.1. The lowest BCUT2D eigenvalue weighted by Gasteiger charge is -2.16. The van der Waals surface area contributed by atoms with Crippen molar-refractivity contribution in [2.45, 2.75) is 46.2 Å². The largest absolute Gasteiger partial charge is 0.369 e. The molecule has 1 aromatic heterocycles. The van der Waals surface area contributed by atoms with E-state index < -0.39 is 23.5 Å². The Morgan fingerprint density at radius 2 is 1.97 bits per heavy atom. The summed E-state index contributed by atoms with van der Waals surface area (Å²) in [5, 5.41) is 0. The fraction of sp³-hybridized carbons (Fsp3) is 0.500. The number of aromatic nitrogens is 2. The minimum atomic E-state index is -0.728. The standard InChI is InChI=1S/C22H28F2N4O2/c1-13(2)9-14(21(25)30)10-19(29)20-18-12-27(3)7-4-8-28(18)22(26-20)16-6-5-15(23)11-17(16)24/h5-6,11,13-14H,4,7-10,12H2,1-3H3,(H2,25,30)/t14-/m1/s1. The Morgan fingerprint density at radius 1 is 1.23 bits per heavy atom. The summed E-state index contributed by atoms with van der Waals surface area (Å²) in [5.74, 6) is -2.26. The molecule has 0 unspecified atom stereocenters. The van der Waals surface area contributed by atoms with Crippen LogP contribution in [0.4, 0.5) is 8.78 Å². The molecule has 3 rings (SSSR count). The van der Waals surface area contributed by atoms with Crippen molar-refractivity contribution in [1.82, 2.24) is 14.5 Å². The molecule has 2 heterocycles. The van der Waals surface area contributed by atoms with Gasteiger partial charge < -0.3 is 15.2 Å². The number of ketones is 1. The van der Waals surface area contributed by atoms with Crippen LogP contribution in [0.1, 0.15) is 49.3 Å². The van der Waals surface area contributed by atoms with E-state index in [2.05, 4.69) is 9.88 Å². The lowest BCUT2D eigenvalue weighted by atomic mass is 9.91. The topological polar surface area (TPSA) is 81.2 Å². The summed E-state index contributed by atoms with van der Waals surface area (Å²) in [6.07, 6.45) is 1.28. The number of primary amides is 1. The van der Waals surface area contributed by atoms with E-state index in [0.29, 0.717) is 31.0 Å². The van der Waals surface area contributed by atoms with Gasteiger partial charge in [0.1, 0.15) is 23.2 Å². The number of imidazole rings is 1. The van der Waals surface area contributed by atoms with E-state index in [1.807, 2.05) is 25.5 Å². The van der Waals surface area contributed by atoms with Crippen molar-refractivity contribution >= 4 is 11.7 Å². The lowest BCUT2D eigenvalue weighted by Crippen LogP contribution is -2.27. The first-order chi connectivity index (χ1) is 14.2. The molecule has 0 bridgehead atoms. The zero-order chi connectivity index (χ0) is 22.0. The van der Waals surface area contributed by atoms with Crippen molar-refractivity contribution in [3.8, 4) is 11.4 Å². The second-order valence-corrected chi connectivity index (χ2v) is 8.45. The molecule has 0 radical (unpaired) electrons. The molecule has 1 aliphatic heterocycles. The second kappa shape index (κ2) is 9.04. The van der Waals surface area contributed by atoms with E-state index in [0.717, 1.165) is 19.0 Å². The SMILES string of the molecule is CC(C)C[C@H](CC(=O)c1nc(-c2ccc(F)cc2F)n2c1CN(C)CCC2)C(N)=O. The average Bonchev–Trinajstić information content (AvgIpc) is 2.87. The Balaban J connectivity index is 2.05. The predicted octanol–water partition coefficient (Wildman–Crippen LogP) is 3.38. The first-order valence-corrected chi connectivity index (χ1v) is 10.2. The molecule has 1 aromatic carbocycles. The van der Waals surface area contributed by atoms with Gasteiger partial charge in [-0.3, -0.25) is 9.59 Å². The van der Waals surface area contributed by atoms with Gasteiger partial charge in [0.2, 0.25) is 5.91 Å². The molecule has 2 N–H and O–H groups in total. The summed E-state index contributed by atoms with van der Waals surface area (Å²) >= 11 is 0. The Bertz CT molecular complexity index is 955. The van der Waals surface area contributed by atoms with Crippen molar-refractivity contribution in [3.05, 3.63) is 41.2 Å². The summed E-state index contributed by atoms with van der Waals surface area (Å²) in [4.78, 5) is 31.6. The Hall–Kier alpha value is -2.61. The first-order valence-electron chi connectivity index (χ1n) is 10.2. The maximum absolute atomic E-state index is 14.5. The van der Waals surface area contributed by atoms with Crippen molar-refractivity contribution in [2.75, 3.05) is 13.6 Å². The van der Waals surface area contributed by atoms with Crippen LogP contribution < -0.4 is 5.73 Å². The molecule has 8 heteroatoms. The molecule has 1 amide bonds. The van der Waals surface area contributed by atoms with Gasteiger partial charge in [0.15, 0.2) is 5.78 Å². The highest BCUT2D eigenvalue weighted by Crippen LogP contribution is 2.30. The number of Topliss-reactive ketones (excluding diaryl/α,β-unsaturated/α-hetero) is 1. The van der Waals surface area contributed by atoms with Gasteiger partial charge in [-0.25, -0.2) is 13.8 Å². The van der Waals surface area contributed by atoms with Gasteiger partial charge in [0, 0.05) is 31.5 Å². The number of nitrogens with zero attached hydrogens (tertiary/aromatic N) is 3. The van der Waals surface area contributed by atoms with E-state index >= 15 is 0 Å². The van der Waals surface area contributed by atoms with Crippen molar-refractivity contribution in [3.63, 3.8) is 0 Å².